The highest BCUT2D eigenvalue weighted by atomic mass is 32.2. The Bertz CT molecular complexity index is 663. The lowest BCUT2D eigenvalue weighted by Gasteiger charge is -2.40. The summed E-state index contributed by atoms with van der Waals surface area (Å²) in [6, 6.07) is 3.54. The maximum Gasteiger partial charge on any atom is 0.150 e. The number of likely N-dealkylation sites (tertiary alicyclic amines) is 1. The van der Waals surface area contributed by atoms with Crippen molar-refractivity contribution >= 4 is 9.84 Å². The van der Waals surface area contributed by atoms with Crippen LogP contribution >= 0.6 is 0 Å². The highest BCUT2D eigenvalue weighted by molar-refractivity contribution is 7.91. The summed E-state index contributed by atoms with van der Waals surface area (Å²) in [5.41, 5.74) is 2.29. The number of nitrogens with one attached hydrogen (secondary N) is 1. The van der Waals surface area contributed by atoms with Gasteiger partial charge >= 0.3 is 0 Å². The molecule has 2 saturated heterocycles. The minimum Gasteiger partial charge on any atom is -0.310 e. The SMILES string of the molecule is Cc1cc(C)n(CC(C)NC2CCN(C3CCS(=O)(=O)CC3)CC2)n1. The quantitative estimate of drug-likeness (QED) is 0.853. The van der Waals surface area contributed by atoms with Crippen molar-refractivity contribution in [3.05, 3.63) is 17.5 Å². The van der Waals surface area contributed by atoms with Gasteiger partial charge in [0.1, 0.15) is 9.84 Å². The van der Waals surface area contributed by atoms with Gasteiger partial charge in [0.15, 0.2) is 0 Å². The van der Waals surface area contributed by atoms with Crippen molar-refractivity contribution in [2.24, 2.45) is 0 Å². The maximum atomic E-state index is 11.6. The third-order valence-electron chi connectivity index (χ3n) is 5.64. The summed E-state index contributed by atoms with van der Waals surface area (Å²) in [7, 11) is -2.76. The monoisotopic (exact) mass is 368 g/mol. The van der Waals surface area contributed by atoms with Crippen LogP contribution in [-0.2, 0) is 16.4 Å². The van der Waals surface area contributed by atoms with Gasteiger partial charge in [-0.3, -0.25) is 4.68 Å². The van der Waals surface area contributed by atoms with Crippen molar-refractivity contribution in [3.63, 3.8) is 0 Å². The predicted molar refractivity (Wildman–Crippen MR) is 101 cm³/mol. The molecule has 0 aromatic carbocycles. The Morgan fingerprint density at radius 1 is 1.20 bits per heavy atom. The van der Waals surface area contributed by atoms with Gasteiger partial charge < -0.3 is 10.2 Å². The van der Waals surface area contributed by atoms with Crippen molar-refractivity contribution in [3.8, 4) is 0 Å². The summed E-state index contributed by atoms with van der Waals surface area (Å²) >= 11 is 0. The highest BCUT2D eigenvalue weighted by Gasteiger charge is 2.30. The Kier molecular flexibility index (Phi) is 5.85. The number of piperidine rings is 1. The van der Waals surface area contributed by atoms with E-state index in [4.69, 9.17) is 0 Å². The van der Waals surface area contributed by atoms with E-state index in [2.05, 4.69) is 39.9 Å². The molecule has 6 nitrogen and oxygen atoms in total. The maximum absolute atomic E-state index is 11.6. The van der Waals surface area contributed by atoms with E-state index >= 15 is 0 Å². The second-order valence-corrected chi connectivity index (χ2v) is 10.2. The molecule has 1 atom stereocenters. The van der Waals surface area contributed by atoms with Crippen LogP contribution in [0.5, 0.6) is 0 Å². The average Bonchev–Trinajstić information content (AvgIpc) is 2.85. The first-order valence-corrected chi connectivity index (χ1v) is 11.4. The fourth-order valence-corrected chi connectivity index (χ4v) is 5.71. The molecule has 3 rings (SSSR count). The number of aryl methyl sites for hydroxylation is 2. The molecule has 0 spiro atoms. The molecule has 1 N–H and O–H groups in total. The Morgan fingerprint density at radius 2 is 1.84 bits per heavy atom. The average molecular weight is 369 g/mol. The molecule has 0 bridgehead atoms. The molecular weight excluding hydrogens is 336 g/mol. The van der Waals surface area contributed by atoms with E-state index < -0.39 is 9.84 Å². The summed E-state index contributed by atoms with van der Waals surface area (Å²) in [5.74, 6) is 0.741. The third-order valence-corrected chi connectivity index (χ3v) is 7.36. The molecular formula is C18H32N4O2S. The Labute approximate surface area is 151 Å². The first kappa shape index (κ1) is 18.9. The second-order valence-electron chi connectivity index (χ2n) is 7.87. The van der Waals surface area contributed by atoms with E-state index in [-0.39, 0.29) is 0 Å². The van der Waals surface area contributed by atoms with Gasteiger partial charge in [-0.15, -0.1) is 0 Å². The molecule has 2 aliphatic heterocycles. The van der Waals surface area contributed by atoms with E-state index in [1.807, 2.05) is 6.92 Å². The second kappa shape index (κ2) is 7.76. The van der Waals surface area contributed by atoms with Crippen LogP contribution in [0.25, 0.3) is 0 Å². The van der Waals surface area contributed by atoms with E-state index in [0.29, 0.717) is 29.6 Å². The number of nitrogens with zero attached hydrogens (tertiary/aromatic N) is 3. The van der Waals surface area contributed by atoms with Crippen LogP contribution in [0.2, 0.25) is 0 Å². The van der Waals surface area contributed by atoms with Gasteiger partial charge in [-0.2, -0.15) is 5.10 Å². The molecule has 0 amide bonds. The largest absolute Gasteiger partial charge is 0.310 e. The number of sulfone groups is 1. The van der Waals surface area contributed by atoms with E-state index in [0.717, 1.165) is 51.0 Å². The molecule has 142 valence electrons. The number of hydrogen-bond acceptors (Lipinski definition) is 5. The molecule has 25 heavy (non-hydrogen) atoms. The summed E-state index contributed by atoms with van der Waals surface area (Å²) < 4.78 is 25.3. The minimum absolute atomic E-state index is 0.371. The lowest BCUT2D eigenvalue weighted by Crippen LogP contribution is -2.50. The number of aromatic nitrogens is 2. The Balaban J connectivity index is 1.42. The van der Waals surface area contributed by atoms with Crippen molar-refractivity contribution in [1.82, 2.24) is 20.0 Å². The molecule has 1 aromatic rings. The van der Waals surface area contributed by atoms with Gasteiger partial charge in [0.2, 0.25) is 0 Å². The van der Waals surface area contributed by atoms with Gasteiger partial charge in [0.05, 0.1) is 23.7 Å². The van der Waals surface area contributed by atoms with Gasteiger partial charge in [-0.1, -0.05) is 0 Å². The van der Waals surface area contributed by atoms with Gasteiger partial charge in [-0.25, -0.2) is 8.42 Å². The summed E-state index contributed by atoms with van der Waals surface area (Å²) in [6.45, 7) is 9.43. The van der Waals surface area contributed by atoms with Crippen LogP contribution < -0.4 is 5.32 Å². The fraction of sp³-hybridized carbons (Fsp3) is 0.833. The van der Waals surface area contributed by atoms with E-state index in [1.165, 1.54) is 5.69 Å². The molecule has 3 heterocycles. The number of rotatable bonds is 5. The summed E-state index contributed by atoms with van der Waals surface area (Å²) in [6.07, 6.45) is 3.92. The van der Waals surface area contributed by atoms with Crippen LogP contribution in [0.3, 0.4) is 0 Å². The van der Waals surface area contributed by atoms with Gasteiger partial charge in [0.25, 0.3) is 0 Å². The molecule has 1 aromatic heterocycles. The summed E-state index contributed by atoms with van der Waals surface area (Å²) in [4.78, 5) is 2.51. The lowest BCUT2D eigenvalue weighted by molar-refractivity contribution is 0.130. The van der Waals surface area contributed by atoms with Crippen LogP contribution in [0, 0.1) is 13.8 Å². The van der Waals surface area contributed by atoms with Crippen LogP contribution in [0.1, 0.15) is 44.0 Å². The lowest BCUT2D eigenvalue weighted by atomic mass is 10.00. The van der Waals surface area contributed by atoms with Crippen molar-refractivity contribution in [1.29, 1.82) is 0 Å². The molecule has 7 heteroatoms. The van der Waals surface area contributed by atoms with Crippen LogP contribution in [0.15, 0.2) is 6.07 Å². The molecule has 0 radical (unpaired) electrons. The predicted octanol–water partition coefficient (Wildman–Crippen LogP) is 1.52. The van der Waals surface area contributed by atoms with Crippen molar-refractivity contribution in [2.75, 3.05) is 24.6 Å². The van der Waals surface area contributed by atoms with Crippen LogP contribution in [-0.4, -0.2) is 65.8 Å². The normalized spacial score (nSPS) is 24.4. The van der Waals surface area contributed by atoms with E-state index in [1.54, 1.807) is 0 Å². The number of hydrogen-bond donors (Lipinski definition) is 1. The van der Waals surface area contributed by atoms with Crippen molar-refractivity contribution < 1.29 is 8.42 Å². The first-order chi connectivity index (χ1) is 11.8. The zero-order valence-corrected chi connectivity index (χ0v) is 16.6. The minimum atomic E-state index is -2.76. The first-order valence-electron chi connectivity index (χ1n) is 9.54. The highest BCUT2D eigenvalue weighted by Crippen LogP contribution is 2.22. The molecule has 2 fully saturated rings. The standard InChI is InChI=1S/C18H32N4O2S/c1-14-12-16(3)22(20-14)13-15(2)19-17-4-8-21(9-5-17)18-6-10-25(23,24)11-7-18/h12,15,17-19H,4-11,13H2,1-3H3. The topological polar surface area (TPSA) is 67.2 Å². The molecule has 2 aliphatic rings. The molecule has 0 saturated carbocycles. The third kappa shape index (κ3) is 5.05. The fourth-order valence-electron chi connectivity index (χ4n) is 4.25. The zero-order chi connectivity index (χ0) is 18.0. The van der Waals surface area contributed by atoms with Crippen LogP contribution in [0.4, 0.5) is 0 Å². The van der Waals surface area contributed by atoms with Crippen molar-refractivity contribution in [2.45, 2.75) is 71.1 Å². The Hall–Kier alpha value is -0.920. The zero-order valence-electron chi connectivity index (χ0n) is 15.7. The van der Waals surface area contributed by atoms with Gasteiger partial charge in [0, 0.05) is 23.8 Å². The Morgan fingerprint density at radius 3 is 2.40 bits per heavy atom. The molecule has 0 aliphatic carbocycles. The van der Waals surface area contributed by atoms with Gasteiger partial charge in [-0.05, 0) is 65.6 Å². The smallest absolute Gasteiger partial charge is 0.150 e. The summed E-state index contributed by atoms with van der Waals surface area (Å²) in [5, 5.41) is 8.30. The molecule has 1 unspecified atom stereocenters. The van der Waals surface area contributed by atoms with E-state index in [9.17, 15) is 8.42 Å².